The zero-order valence-electron chi connectivity index (χ0n) is 10.6. The van der Waals surface area contributed by atoms with Gasteiger partial charge in [0.2, 0.25) is 0 Å². The molecule has 0 aliphatic rings. The van der Waals surface area contributed by atoms with Crippen molar-refractivity contribution in [2.24, 2.45) is 0 Å². The van der Waals surface area contributed by atoms with E-state index in [2.05, 4.69) is 5.32 Å². The second-order valence-corrected chi connectivity index (χ2v) is 6.28. The molecule has 1 heterocycles. The normalized spacial score (nSPS) is 10.3. The molecule has 0 spiro atoms. The number of nitrogens with two attached hydrogens (primary N) is 1. The van der Waals surface area contributed by atoms with E-state index in [4.69, 9.17) is 33.7 Å². The topological polar surface area (TPSA) is 64.3 Å². The fourth-order valence-corrected chi connectivity index (χ4v) is 3.12. The maximum absolute atomic E-state index is 12.0. The van der Waals surface area contributed by atoms with Gasteiger partial charge in [0, 0.05) is 6.54 Å². The molecule has 1 aromatic heterocycles. The van der Waals surface area contributed by atoms with Crippen molar-refractivity contribution in [3.05, 3.63) is 44.1 Å². The molecule has 3 N–H and O–H groups in total. The summed E-state index contributed by atoms with van der Waals surface area (Å²) < 4.78 is 5.93. The third-order valence-corrected chi connectivity index (χ3v) is 4.14. The predicted octanol–water partition coefficient (Wildman–Crippen LogP) is 3.58. The zero-order chi connectivity index (χ0) is 14.7. The average molecular weight is 331 g/mol. The second-order valence-electron chi connectivity index (χ2n) is 4.00. The molecule has 2 rings (SSSR count). The Morgan fingerprint density at radius 3 is 2.70 bits per heavy atom. The lowest BCUT2D eigenvalue weighted by Gasteiger charge is -2.08. The first-order chi connectivity index (χ1) is 9.51. The van der Waals surface area contributed by atoms with E-state index in [1.54, 1.807) is 25.3 Å². The number of hydrogen-bond acceptors (Lipinski definition) is 4. The van der Waals surface area contributed by atoms with Crippen molar-refractivity contribution in [1.82, 2.24) is 5.32 Å². The van der Waals surface area contributed by atoms with Crippen molar-refractivity contribution in [3.8, 4) is 5.75 Å². The van der Waals surface area contributed by atoms with Gasteiger partial charge in [-0.1, -0.05) is 29.3 Å². The molecule has 0 bridgehead atoms. The van der Waals surface area contributed by atoms with Crippen molar-refractivity contribution in [2.75, 3.05) is 12.8 Å². The summed E-state index contributed by atoms with van der Waals surface area (Å²) in [6, 6.07) is 6.89. The second kappa shape index (κ2) is 6.35. The molecule has 0 aliphatic carbocycles. The number of nitrogen functional groups attached to an aromatic ring is 1. The quantitative estimate of drug-likeness (QED) is 0.842. The Bertz CT molecular complexity index is 643. The van der Waals surface area contributed by atoms with E-state index in [0.717, 1.165) is 16.9 Å². The van der Waals surface area contributed by atoms with Crippen LogP contribution in [0, 0.1) is 0 Å². The Morgan fingerprint density at radius 1 is 1.40 bits per heavy atom. The Labute approximate surface area is 130 Å². The van der Waals surface area contributed by atoms with Gasteiger partial charge in [-0.25, -0.2) is 0 Å². The maximum atomic E-state index is 12.0. The predicted molar refractivity (Wildman–Crippen MR) is 82.9 cm³/mol. The molecule has 1 aromatic carbocycles. The van der Waals surface area contributed by atoms with E-state index in [-0.39, 0.29) is 5.91 Å². The first-order valence-corrected chi connectivity index (χ1v) is 7.24. The number of rotatable bonds is 4. The van der Waals surface area contributed by atoms with E-state index in [1.165, 1.54) is 0 Å². The van der Waals surface area contributed by atoms with Crippen molar-refractivity contribution in [2.45, 2.75) is 6.54 Å². The highest BCUT2D eigenvalue weighted by molar-refractivity contribution is 7.20. The number of anilines is 1. The molecule has 0 radical (unpaired) electrons. The Morgan fingerprint density at radius 2 is 2.15 bits per heavy atom. The molecule has 1 amide bonds. The fraction of sp³-hybridized carbons (Fsp3) is 0.154. The van der Waals surface area contributed by atoms with Gasteiger partial charge in [0.1, 0.15) is 10.1 Å². The Hall–Kier alpha value is -1.43. The first-order valence-electron chi connectivity index (χ1n) is 5.66. The van der Waals surface area contributed by atoms with Crippen LogP contribution < -0.4 is 15.8 Å². The monoisotopic (exact) mass is 330 g/mol. The van der Waals surface area contributed by atoms with Gasteiger partial charge in [0.25, 0.3) is 5.91 Å². The summed E-state index contributed by atoms with van der Waals surface area (Å²) in [5, 5.41) is 2.76. The number of thiophene rings is 1. The van der Waals surface area contributed by atoms with Gasteiger partial charge in [-0.15, -0.1) is 11.3 Å². The summed E-state index contributed by atoms with van der Waals surface area (Å²) in [5.74, 6) is 0.334. The van der Waals surface area contributed by atoms with Crippen LogP contribution in [0.2, 0.25) is 8.67 Å². The summed E-state index contributed by atoms with van der Waals surface area (Å²) in [6.45, 7) is 0.344. The molecule has 0 aliphatic heterocycles. The number of methoxy groups -OCH3 is 1. The summed E-state index contributed by atoms with van der Waals surface area (Å²) in [4.78, 5) is 12.0. The molecule has 0 saturated heterocycles. The van der Waals surface area contributed by atoms with Crippen LogP contribution in [-0.4, -0.2) is 13.0 Å². The lowest BCUT2D eigenvalue weighted by Crippen LogP contribution is -2.22. The number of ether oxygens (including phenoxy) is 1. The first kappa shape index (κ1) is 15.0. The molecule has 7 heteroatoms. The van der Waals surface area contributed by atoms with Crippen LogP contribution in [0.3, 0.4) is 0 Å². The molecule has 20 heavy (non-hydrogen) atoms. The number of benzene rings is 1. The summed E-state index contributed by atoms with van der Waals surface area (Å²) >= 11 is 12.9. The number of halogens is 2. The minimum absolute atomic E-state index is 0.271. The highest BCUT2D eigenvalue weighted by atomic mass is 35.5. The van der Waals surface area contributed by atoms with Crippen LogP contribution in [0.5, 0.6) is 5.75 Å². The largest absolute Gasteiger partial charge is 0.495 e. The van der Waals surface area contributed by atoms with Gasteiger partial charge in [0.15, 0.2) is 0 Å². The molecular formula is C13H12Cl2N2O2S. The van der Waals surface area contributed by atoms with Crippen LogP contribution in [0.1, 0.15) is 15.9 Å². The number of amides is 1. The van der Waals surface area contributed by atoms with E-state index < -0.39 is 0 Å². The van der Waals surface area contributed by atoms with Crippen LogP contribution in [0.15, 0.2) is 24.3 Å². The molecular weight excluding hydrogens is 319 g/mol. The third-order valence-electron chi connectivity index (χ3n) is 2.65. The maximum Gasteiger partial charge on any atom is 0.253 e. The van der Waals surface area contributed by atoms with Gasteiger partial charge in [-0.3, -0.25) is 4.79 Å². The number of carbonyl (C=O) groups is 1. The highest BCUT2D eigenvalue weighted by Gasteiger charge is 2.14. The molecule has 4 nitrogen and oxygen atoms in total. The summed E-state index contributed by atoms with van der Waals surface area (Å²) in [5.41, 5.74) is 7.57. The molecule has 106 valence electrons. The number of carbonyl (C=O) groups excluding carboxylic acids is 1. The van der Waals surface area contributed by atoms with E-state index >= 15 is 0 Å². The van der Waals surface area contributed by atoms with Gasteiger partial charge in [-0.2, -0.15) is 0 Å². The summed E-state index contributed by atoms with van der Waals surface area (Å²) in [6.07, 6.45) is 0. The van der Waals surface area contributed by atoms with Crippen LogP contribution in [0.4, 0.5) is 5.69 Å². The van der Waals surface area contributed by atoms with Gasteiger partial charge >= 0.3 is 0 Å². The highest BCUT2D eigenvalue weighted by Crippen LogP contribution is 2.31. The smallest absolute Gasteiger partial charge is 0.253 e. The lowest BCUT2D eigenvalue weighted by molar-refractivity contribution is 0.0951. The molecule has 0 atom stereocenters. The van der Waals surface area contributed by atoms with Crippen molar-refractivity contribution >= 4 is 46.1 Å². The molecule has 0 fully saturated rings. The minimum Gasteiger partial charge on any atom is -0.495 e. The molecule has 2 aromatic rings. The van der Waals surface area contributed by atoms with Crippen molar-refractivity contribution in [1.29, 1.82) is 0 Å². The molecule has 0 unspecified atom stereocenters. The van der Waals surface area contributed by atoms with Gasteiger partial charge in [-0.05, 0) is 23.8 Å². The molecule has 0 saturated carbocycles. The minimum atomic E-state index is -0.271. The fourth-order valence-electron chi connectivity index (χ4n) is 1.67. The Kier molecular flexibility index (Phi) is 4.75. The van der Waals surface area contributed by atoms with Gasteiger partial charge in [0.05, 0.1) is 22.7 Å². The van der Waals surface area contributed by atoms with E-state index in [9.17, 15) is 4.79 Å². The third kappa shape index (κ3) is 3.36. The van der Waals surface area contributed by atoms with Crippen molar-refractivity contribution in [3.63, 3.8) is 0 Å². The van der Waals surface area contributed by atoms with Crippen molar-refractivity contribution < 1.29 is 9.53 Å². The van der Waals surface area contributed by atoms with Crippen LogP contribution in [0.25, 0.3) is 0 Å². The van der Waals surface area contributed by atoms with Crippen LogP contribution in [-0.2, 0) is 6.54 Å². The standard InChI is InChI=1S/C13H12Cl2N2O2S/c1-19-10-3-2-7(4-9(10)16)6-17-13(18)8-5-11(14)20-12(8)15/h2-5H,6,16H2,1H3,(H,17,18). The van der Waals surface area contributed by atoms with Crippen LogP contribution >= 0.6 is 34.5 Å². The summed E-state index contributed by atoms with van der Waals surface area (Å²) in [7, 11) is 1.55. The SMILES string of the molecule is COc1ccc(CNC(=O)c2cc(Cl)sc2Cl)cc1N. The average Bonchev–Trinajstić information content (AvgIpc) is 2.75. The van der Waals surface area contributed by atoms with E-state index in [0.29, 0.717) is 32.2 Å². The Balaban J connectivity index is 2.03. The number of nitrogens with one attached hydrogen (secondary N) is 1. The van der Waals surface area contributed by atoms with E-state index in [1.807, 2.05) is 6.07 Å². The number of hydrogen-bond donors (Lipinski definition) is 2. The van der Waals surface area contributed by atoms with Gasteiger partial charge < -0.3 is 15.8 Å². The lowest BCUT2D eigenvalue weighted by atomic mass is 10.2. The zero-order valence-corrected chi connectivity index (χ0v) is 12.9.